The Bertz CT molecular complexity index is 1040. The van der Waals surface area contributed by atoms with E-state index in [1.165, 1.54) is 0 Å². The fourth-order valence-corrected chi connectivity index (χ4v) is 4.55. The van der Waals surface area contributed by atoms with Gasteiger partial charge in [0.2, 0.25) is 0 Å². The van der Waals surface area contributed by atoms with E-state index >= 15 is 0 Å². The third kappa shape index (κ3) is 3.92. The van der Waals surface area contributed by atoms with Gasteiger partial charge in [-0.05, 0) is 41.1 Å². The lowest BCUT2D eigenvalue weighted by atomic mass is 9.87. The van der Waals surface area contributed by atoms with Gasteiger partial charge in [-0.2, -0.15) is 0 Å². The summed E-state index contributed by atoms with van der Waals surface area (Å²) in [7, 11) is 1.55. The second kappa shape index (κ2) is 8.53. The Hall–Kier alpha value is -2.15. The molecular formula is C24H25ClO5. The topological polar surface area (TPSA) is 79.2 Å². The van der Waals surface area contributed by atoms with E-state index in [9.17, 15) is 15.3 Å². The minimum absolute atomic E-state index is 0.200. The number of phenols is 1. The number of phenolic OH excluding ortho intramolecular Hbond substituents is 1. The minimum atomic E-state index is -1.20. The Morgan fingerprint density at radius 3 is 2.50 bits per heavy atom. The molecule has 158 valence electrons. The number of ether oxygens (including phenoxy) is 2. The number of aliphatic hydroxyl groups excluding tert-OH is 2. The molecule has 0 spiro atoms. The van der Waals surface area contributed by atoms with E-state index in [0.717, 1.165) is 27.5 Å². The number of methoxy groups -OCH3 is 1. The van der Waals surface area contributed by atoms with Crippen molar-refractivity contribution >= 4 is 22.4 Å². The molecule has 1 fully saturated rings. The van der Waals surface area contributed by atoms with Crippen molar-refractivity contribution in [2.75, 3.05) is 13.7 Å². The molecule has 1 aliphatic heterocycles. The van der Waals surface area contributed by atoms with E-state index in [-0.39, 0.29) is 18.8 Å². The highest BCUT2D eigenvalue weighted by atomic mass is 35.5. The predicted molar refractivity (Wildman–Crippen MR) is 116 cm³/mol. The molecule has 4 rings (SSSR count). The number of aliphatic hydroxyl groups is 2. The highest BCUT2D eigenvalue weighted by molar-refractivity contribution is 6.36. The van der Waals surface area contributed by atoms with Gasteiger partial charge >= 0.3 is 0 Å². The second-order valence-electron chi connectivity index (χ2n) is 7.76. The lowest BCUT2D eigenvalue weighted by Crippen LogP contribution is -2.46. The van der Waals surface area contributed by atoms with Crippen LogP contribution in [0.15, 0.2) is 54.6 Å². The van der Waals surface area contributed by atoms with Crippen molar-refractivity contribution in [1.29, 1.82) is 0 Å². The van der Waals surface area contributed by atoms with Crippen LogP contribution in [-0.4, -0.2) is 41.2 Å². The molecule has 3 aromatic carbocycles. The largest absolute Gasteiger partial charge is 0.508 e. The van der Waals surface area contributed by atoms with Crippen molar-refractivity contribution in [1.82, 2.24) is 0 Å². The smallest absolute Gasteiger partial charge is 0.198 e. The highest BCUT2D eigenvalue weighted by Gasteiger charge is 2.44. The Labute approximate surface area is 180 Å². The van der Waals surface area contributed by atoms with Crippen LogP contribution in [-0.2, 0) is 21.7 Å². The first-order valence-electron chi connectivity index (χ1n) is 9.96. The fourth-order valence-electron chi connectivity index (χ4n) is 4.26. The molecule has 3 N–H and O–H groups in total. The molecule has 1 saturated heterocycles. The Balaban J connectivity index is 1.88. The lowest BCUT2D eigenvalue weighted by molar-refractivity contribution is -0.298. The summed E-state index contributed by atoms with van der Waals surface area (Å²) in [6.45, 7) is -0.200. The highest BCUT2D eigenvalue weighted by Crippen LogP contribution is 2.44. The number of aromatic hydroxyl groups is 1. The van der Waals surface area contributed by atoms with E-state index < -0.39 is 18.0 Å². The molecule has 0 saturated carbocycles. The first kappa shape index (κ1) is 21.1. The molecule has 1 aliphatic rings. The lowest BCUT2D eigenvalue weighted by Gasteiger charge is -2.42. The molecule has 0 amide bonds. The van der Waals surface area contributed by atoms with E-state index in [1.54, 1.807) is 19.2 Å². The van der Waals surface area contributed by atoms with Crippen LogP contribution in [0.5, 0.6) is 5.75 Å². The van der Waals surface area contributed by atoms with Gasteiger partial charge in [-0.1, -0.05) is 48.0 Å². The van der Waals surface area contributed by atoms with Crippen LogP contribution in [0.2, 0.25) is 5.02 Å². The molecular weight excluding hydrogens is 404 g/mol. The van der Waals surface area contributed by atoms with Gasteiger partial charge in [-0.3, -0.25) is 0 Å². The summed E-state index contributed by atoms with van der Waals surface area (Å²) in [5, 5.41) is 32.1. The number of fused-ring (bicyclic) bond motifs is 1. The molecule has 3 atom stereocenters. The minimum Gasteiger partial charge on any atom is -0.508 e. The zero-order valence-corrected chi connectivity index (χ0v) is 17.5. The predicted octanol–water partition coefficient (Wildman–Crippen LogP) is 4.12. The third-order valence-corrected chi connectivity index (χ3v) is 6.17. The van der Waals surface area contributed by atoms with Crippen LogP contribution in [0.1, 0.15) is 29.5 Å². The van der Waals surface area contributed by atoms with Crippen LogP contribution < -0.4 is 0 Å². The zero-order chi connectivity index (χ0) is 21.3. The summed E-state index contributed by atoms with van der Waals surface area (Å²) in [4.78, 5) is 0. The van der Waals surface area contributed by atoms with Gasteiger partial charge < -0.3 is 24.8 Å². The number of hydrogen-bond acceptors (Lipinski definition) is 5. The number of halogens is 1. The molecule has 0 aromatic heterocycles. The van der Waals surface area contributed by atoms with Crippen molar-refractivity contribution in [2.24, 2.45) is 0 Å². The van der Waals surface area contributed by atoms with Gasteiger partial charge in [0.25, 0.3) is 0 Å². The van der Waals surface area contributed by atoms with E-state index in [4.69, 9.17) is 21.1 Å². The average Bonchev–Trinajstić information content (AvgIpc) is 2.76. The van der Waals surface area contributed by atoms with Gasteiger partial charge in [-0.15, -0.1) is 0 Å². The summed E-state index contributed by atoms with van der Waals surface area (Å²) in [5.41, 5.74) is 2.66. The van der Waals surface area contributed by atoms with Crippen LogP contribution in [0.3, 0.4) is 0 Å². The van der Waals surface area contributed by atoms with Crippen LogP contribution in [0.25, 0.3) is 10.8 Å². The molecule has 6 heteroatoms. The van der Waals surface area contributed by atoms with E-state index in [2.05, 4.69) is 0 Å². The van der Waals surface area contributed by atoms with Gasteiger partial charge in [0, 0.05) is 30.9 Å². The maximum Gasteiger partial charge on any atom is 0.198 e. The van der Waals surface area contributed by atoms with Gasteiger partial charge in [0.15, 0.2) is 5.79 Å². The summed E-state index contributed by atoms with van der Waals surface area (Å²) in [5.74, 6) is -0.985. The normalized spacial score (nSPS) is 24.3. The van der Waals surface area contributed by atoms with Crippen molar-refractivity contribution < 1.29 is 24.8 Å². The average molecular weight is 429 g/mol. The van der Waals surface area contributed by atoms with E-state index in [0.29, 0.717) is 17.9 Å². The molecule has 0 unspecified atom stereocenters. The van der Waals surface area contributed by atoms with Crippen LogP contribution in [0.4, 0.5) is 0 Å². The number of rotatable bonds is 5. The number of hydrogen-bond donors (Lipinski definition) is 3. The summed E-state index contributed by atoms with van der Waals surface area (Å²) in [6.07, 6.45) is -0.0185. The summed E-state index contributed by atoms with van der Waals surface area (Å²) >= 11 is 6.79. The van der Waals surface area contributed by atoms with Gasteiger partial charge in [-0.25, -0.2) is 0 Å². The summed E-state index contributed by atoms with van der Waals surface area (Å²) < 4.78 is 12.1. The van der Waals surface area contributed by atoms with Gasteiger partial charge in [0.05, 0.1) is 23.8 Å². The Morgan fingerprint density at radius 1 is 1.13 bits per heavy atom. The van der Waals surface area contributed by atoms with Crippen LogP contribution in [0, 0.1) is 0 Å². The first-order valence-corrected chi connectivity index (χ1v) is 10.3. The monoisotopic (exact) mass is 428 g/mol. The fraction of sp³-hybridized carbons (Fsp3) is 0.333. The maximum atomic E-state index is 10.5. The molecule has 0 aliphatic carbocycles. The molecule has 5 nitrogen and oxygen atoms in total. The van der Waals surface area contributed by atoms with Crippen LogP contribution >= 0.6 is 11.6 Å². The molecule has 30 heavy (non-hydrogen) atoms. The first-order chi connectivity index (χ1) is 14.5. The second-order valence-corrected chi connectivity index (χ2v) is 8.14. The van der Waals surface area contributed by atoms with E-state index in [1.807, 2.05) is 42.5 Å². The van der Waals surface area contributed by atoms with Crippen molar-refractivity contribution in [3.05, 3.63) is 76.3 Å². The molecule has 1 heterocycles. The number of benzene rings is 3. The molecule has 0 radical (unpaired) electrons. The quantitative estimate of drug-likeness (QED) is 0.569. The SMILES string of the molecule is CO[C@]1(c2cc(Cc3ccc(O)cc3)c(Cl)c3ccccc23)C[C@@H](O)C[C@@H](CO)O1. The molecule has 0 bridgehead atoms. The summed E-state index contributed by atoms with van der Waals surface area (Å²) in [6, 6.07) is 16.7. The Morgan fingerprint density at radius 2 is 1.83 bits per heavy atom. The van der Waals surface area contributed by atoms with Crippen molar-refractivity contribution in [2.45, 2.75) is 37.3 Å². The molecule has 3 aromatic rings. The zero-order valence-electron chi connectivity index (χ0n) is 16.7. The maximum absolute atomic E-state index is 10.5. The van der Waals surface area contributed by atoms with Crippen molar-refractivity contribution in [3.8, 4) is 5.75 Å². The van der Waals surface area contributed by atoms with Gasteiger partial charge in [0.1, 0.15) is 5.75 Å². The third-order valence-electron chi connectivity index (χ3n) is 5.73. The van der Waals surface area contributed by atoms with Crippen molar-refractivity contribution in [3.63, 3.8) is 0 Å². The Kier molecular flexibility index (Phi) is 6.00. The standard InChI is InChI=1S/C24H25ClO5/c1-29-24(13-18(28)12-19(14-26)30-24)22-11-16(10-15-6-8-17(27)9-7-15)23(25)21-5-3-2-4-20(21)22/h2-9,11,18-19,26-28H,10,12-14H2,1H3/t18-,19-,24+/m0/s1.